The van der Waals surface area contributed by atoms with E-state index in [2.05, 4.69) is 95.6 Å². The Kier molecular flexibility index (Phi) is 18.7. The van der Waals surface area contributed by atoms with E-state index in [0.29, 0.717) is 5.41 Å². The molecule has 0 radical (unpaired) electrons. The van der Waals surface area contributed by atoms with Crippen molar-refractivity contribution in [1.29, 1.82) is 0 Å². The van der Waals surface area contributed by atoms with Crippen LogP contribution in [0.4, 0.5) is 0 Å². The van der Waals surface area contributed by atoms with Crippen LogP contribution in [0.15, 0.2) is 48.7 Å². The van der Waals surface area contributed by atoms with E-state index in [1.54, 1.807) is 0 Å². The highest BCUT2D eigenvalue weighted by atomic mass is 15.1. The van der Waals surface area contributed by atoms with Crippen molar-refractivity contribution in [2.75, 3.05) is 19.6 Å². The van der Waals surface area contributed by atoms with E-state index in [-0.39, 0.29) is 0 Å². The van der Waals surface area contributed by atoms with Crippen LogP contribution in [-0.2, 0) is 6.42 Å². The van der Waals surface area contributed by atoms with E-state index in [1.807, 2.05) is 32.2 Å². The lowest BCUT2D eigenvalue weighted by Crippen LogP contribution is -2.32. The van der Waals surface area contributed by atoms with E-state index < -0.39 is 0 Å². The van der Waals surface area contributed by atoms with Gasteiger partial charge in [0.1, 0.15) is 0 Å². The molecule has 0 unspecified atom stereocenters. The van der Waals surface area contributed by atoms with Crippen LogP contribution in [0, 0.1) is 12.3 Å². The van der Waals surface area contributed by atoms with Crippen LogP contribution in [-0.4, -0.2) is 29.5 Å². The normalized spacial score (nSPS) is 10.0. The summed E-state index contributed by atoms with van der Waals surface area (Å²) < 4.78 is 0. The fourth-order valence-corrected chi connectivity index (χ4v) is 2.54. The van der Waals surface area contributed by atoms with Gasteiger partial charge >= 0.3 is 0 Å². The minimum atomic E-state index is 0.450. The van der Waals surface area contributed by atoms with Crippen molar-refractivity contribution >= 4 is 0 Å². The molecule has 1 aromatic carbocycles. The van der Waals surface area contributed by atoms with Gasteiger partial charge in [-0.1, -0.05) is 105 Å². The van der Waals surface area contributed by atoms with Crippen molar-refractivity contribution in [2.24, 2.45) is 5.41 Å². The lowest BCUT2D eigenvalue weighted by molar-refractivity contribution is 0.208. The predicted octanol–water partition coefficient (Wildman–Crippen LogP) is 7.80. The summed E-state index contributed by atoms with van der Waals surface area (Å²) in [5.74, 6) is 0. The highest BCUT2D eigenvalue weighted by Gasteiger charge is 2.13. The van der Waals surface area contributed by atoms with E-state index in [4.69, 9.17) is 0 Å². The molecule has 0 spiro atoms. The van der Waals surface area contributed by atoms with Crippen LogP contribution in [0.2, 0.25) is 0 Å². The molecule has 2 rings (SSSR count). The standard InChI is InChI=1S/C13H13N.C9H21N.C3H8.C2H6/c1-11-5-7-12(8-6-11)10-13-4-2-3-9-14-13;1-6-10(7-2)8-9(3,4)5;1-3-2;1-2/h2-9H,10H2,1H3;6-8H2,1-5H3;3H2,1-2H3;1-2H3. The van der Waals surface area contributed by atoms with Crippen molar-refractivity contribution < 1.29 is 0 Å². The first-order chi connectivity index (χ1) is 13.8. The molecule has 2 nitrogen and oxygen atoms in total. The molecule has 29 heavy (non-hydrogen) atoms. The Morgan fingerprint density at radius 3 is 1.69 bits per heavy atom. The number of rotatable bonds is 5. The molecule has 1 heterocycles. The van der Waals surface area contributed by atoms with Gasteiger partial charge in [0.2, 0.25) is 0 Å². The molecule has 0 saturated heterocycles. The molecule has 166 valence electrons. The zero-order valence-corrected chi connectivity index (χ0v) is 21.0. The molecule has 2 heteroatoms. The average molecular weight is 401 g/mol. The Bertz CT molecular complexity index is 564. The van der Waals surface area contributed by atoms with E-state index in [0.717, 1.165) is 12.1 Å². The molecule has 1 aromatic heterocycles. The third-order valence-electron chi connectivity index (χ3n) is 3.82. The highest BCUT2D eigenvalue weighted by molar-refractivity contribution is 5.25. The number of nitrogens with zero attached hydrogens (tertiary/aromatic N) is 2. The first kappa shape index (κ1) is 29.5. The van der Waals surface area contributed by atoms with Gasteiger partial charge in [0.25, 0.3) is 0 Å². The Morgan fingerprint density at radius 1 is 0.828 bits per heavy atom. The monoisotopic (exact) mass is 400 g/mol. The lowest BCUT2D eigenvalue weighted by Gasteiger charge is -2.27. The second-order valence-electron chi connectivity index (χ2n) is 8.21. The summed E-state index contributed by atoms with van der Waals surface area (Å²) in [6.45, 7) is 25.2. The summed E-state index contributed by atoms with van der Waals surface area (Å²) in [6, 6.07) is 14.6. The number of pyridine rings is 1. The summed E-state index contributed by atoms with van der Waals surface area (Å²) in [4.78, 5) is 6.75. The summed E-state index contributed by atoms with van der Waals surface area (Å²) in [6.07, 6.45) is 4.00. The minimum absolute atomic E-state index is 0.450. The van der Waals surface area contributed by atoms with Gasteiger partial charge < -0.3 is 4.90 Å². The van der Waals surface area contributed by atoms with Crippen LogP contribution < -0.4 is 0 Å². The molecule has 2 aromatic rings. The van der Waals surface area contributed by atoms with Gasteiger partial charge in [0.05, 0.1) is 0 Å². The maximum Gasteiger partial charge on any atom is 0.0447 e. The fourth-order valence-electron chi connectivity index (χ4n) is 2.54. The maximum atomic E-state index is 4.30. The predicted molar refractivity (Wildman–Crippen MR) is 133 cm³/mol. The summed E-state index contributed by atoms with van der Waals surface area (Å²) >= 11 is 0. The quantitative estimate of drug-likeness (QED) is 0.509. The lowest BCUT2D eigenvalue weighted by atomic mass is 9.96. The molecule has 0 saturated carbocycles. The van der Waals surface area contributed by atoms with Gasteiger partial charge in [-0.3, -0.25) is 4.98 Å². The molecule has 0 bridgehead atoms. The van der Waals surface area contributed by atoms with Crippen LogP contribution in [0.3, 0.4) is 0 Å². The van der Waals surface area contributed by atoms with Gasteiger partial charge in [0.15, 0.2) is 0 Å². The average Bonchev–Trinajstić information content (AvgIpc) is 2.71. The van der Waals surface area contributed by atoms with E-state index in [9.17, 15) is 0 Å². The third-order valence-corrected chi connectivity index (χ3v) is 3.82. The van der Waals surface area contributed by atoms with Crippen LogP contribution in [0.25, 0.3) is 0 Å². The fraction of sp³-hybridized carbons (Fsp3) is 0.593. The first-order valence-electron chi connectivity index (χ1n) is 11.4. The minimum Gasteiger partial charge on any atom is -0.303 e. The molecule has 0 aliphatic rings. The van der Waals surface area contributed by atoms with Crippen LogP contribution in [0.5, 0.6) is 0 Å². The Hall–Kier alpha value is -1.67. The Balaban J connectivity index is 0. The number of hydrogen-bond acceptors (Lipinski definition) is 2. The van der Waals surface area contributed by atoms with Crippen molar-refractivity contribution in [3.63, 3.8) is 0 Å². The van der Waals surface area contributed by atoms with Gasteiger partial charge in [-0.15, -0.1) is 0 Å². The molecule has 0 amide bonds. The smallest absolute Gasteiger partial charge is 0.0447 e. The second kappa shape index (κ2) is 18.4. The summed E-state index contributed by atoms with van der Waals surface area (Å²) in [5, 5.41) is 0. The number of hydrogen-bond donors (Lipinski definition) is 0. The van der Waals surface area contributed by atoms with Crippen molar-refractivity contribution in [2.45, 2.75) is 82.1 Å². The molecule has 0 aliphatic heterocycles. The molecular weight excluding hydrogens is 352 g/mol. The summed E-state index contributed by atoms with van der Waals surface area (Å²) in [7, 11) is 0. The summed E-state index contributed by atoms with van der Waals surface area (Å²) in [5.41, 5.74) is 4.19. The Labute approximate surface area is 182 Å². The highest BCUT2D eigenvalue weighted by Crippen LogP contribution is 2.14. The van der Waals surface area contributed by atoms with E-state index in [1.165, 1.54) is 37.2 Å². The van der Waals surface area contributed by atoms with Gasteiger partial charge in [-0.05, 0) is 43.1 Å². The molecule has 0 atom stereocenters. The SMILES string of the molecule is CC.CCC.CCN(CC)CC(C)(C)C.Cc1ccc(Cc2ccccn2)cc1. The van der Waals surface area contributed by atoms with Gasteiger partial charge in [0, 0.05) is 24.9 Å². The maximum absolute atomic E-state index is 4.30. The number of aromatic nitrogens is 1. The topological polar surface area (TPSA) is 16.1 Å². The zero-order valence-electron chi connectivity index (χ0n) is 21.0. The zero-order chi connectivity index (χ0) is 22.7. The van der Waals surface area contributed by atoms with Gasteiger partial charge in [-0.2, -0.15) is 0 Å². The number of benzene rings is 1. The molecule has 0 N–H and O–H groups in total. The third kappa shape index (κ3) is 18.1. The van der Waals surface area contributed by atoms with Crippen molar-refractivity contribution in [1.82, 2.24) is 9.88 Å². The van der Waals surface area contributed by atoms with E-state index >= 15 is 0 Å². The second-order valence-corrected chi connectivity index (χ2v) is 8.21. The molecule has 0 fully saturated rings. The van der Waals surface area contributed by atoms with Crippen LogP contribution in [0.1, 0.15) is 85.6 Å². The largest absolute Gasteiger partial charge is 0.303 e. The van der Waals surface area contributed by atoms with Crippen molar-refractivity contribution in [3.8, 4) is 0 Å². The molecular formula is C27H48N2. The molecule has 0 aliphatic carbocycles. The van der Waals surface area contributed by atoms with Crippen LogP contribution >= 0.6 is 0 Å². The van der Waals surface area contributed by atoms with Crippen molar-refractivity contribution in [3.05, 3.63) is 65.5 Å². The Morgan fingerprint density at radius 2 is 1.34 bits per heavy atom. The van der Waals surface area contributed by atoms with Gasteiger partial charge in [-0.25, -0.2) is 0 Å². The first-order valence-corrected chi connectivity index (χ1v) is 11.4. The number of aryl methyl sites for hydroxylation is 1.